The van der Waals surface area contributed by atoms with Gasteiger partial charge in [0.05, 0.1) is 10.9 Å². The third-order valence-electron chi connectivity index (χ3n) is 6.82. The van der Waals surface area contributed by atoms with Crippen LogP contribution in [0, 0.1) is 0 Å². The van der Waals surface area contributed by atoms with Gasteiger partial charge in [0.1, 0.15) is 5.70 Å². The molecule has 220 valence electrons. The molecule has 1 atom stereocenters. The average Bonchev–Trinajstić information content (AvgIpc) is 3.05. The number of benzene rings is 5. The van der Waals surface area contributed by atoms with E-state index in [-0.39, 0.29) is 16.9 Å². The standard InChI is InChI=1S/C36H30BrN3O3S/c1-2-33(36(43)39-31-21-9-8-20-30(31)37)44-28-18-11-17-27(23-28)38-35(42)32(40-34(41)25-13-4-3-5-14-25)22-26-16-10-15-24-12-6-7-19-29(24)26/h3-23,33H,2H2,1H3,(H,38,42)(H,39,43)(H,40,41)/b32-22+. The smallest absolute Gasteiger partial charge is 0.272 e. The van der Waals surface area contributed by atoms with Crippen molar-refractivity contribution in [2.45, 2.75) is 23.5 Å². The number of fused-ring (bicyclic) bond motifs is 1. The summed E-state index contributed by atoms with van der Waals surface area (Å²) in [5.41, 5.74) is 2.59. The highest BCUT2D eigenvalue weighted by atomic mass is 79.9. The van der Waals surface area contributed by atoms with Crippen molar-refractivity contribution in [3.63, 3.8) is 0 Å². The van der Waals surface area contributed by atoms with Gasteiger partial charge in [0.25, 0.3) is 11.8 Å². The number of amides is 3. The van der Waals surface area contributed by atoms with Crippen LogP contribution in [0.1, 0.15) is 29.3 Å². The number of carbonyl (C=O) groups excluding carboxylic acids is 3. The van der Waals surface area contributed by atoms with Crippen LogP contribution in [-0.4, -0.2) is 23.0 Å². The molecule has 3 N–H and O–H groups in total. The predicted molar refractivity (Wildman–Crippen MR) is 184 cm³/mol. The zero-order chi connectivity index (χ0) is 30.9. The van der Waals surface area contributed by atoms with Crippen LogP contribution in [-0.2, 0) is 9.59 Å². The Balaban J connectivity index is 1.37. The lowest BCUT2D eigenvalue weighted by Crippen LogP contribution is -2.30. The van der Waals surface area contributed by atoms with E-state index in [2.05, 4.69) is 31.9 Å². The summed E-state index contributed by atoms with van der Waals surface area (Å²) in [6, 6.07) is 37.3. The summed E-state index contributed by atoms with van der Waals surface area (Å²) >= 11 is 4.90. The van der Waals surface area contributed by atoms with E-state index in [1.165, 1.54) is 11.8 Å². The van der Waals surface area contributed by atoms with Crippen LogP contribution in [0.15, 0.2) is 136 Å². The highest BCUT2D eigenvalue weighted by Gasteiger charge is 2.20. The number of rotatable bonds is 10. The average molecular weight is 665 g/mol. The minimum atomic E-state index is -0.469. The molecule has 5 rings (SSSR count). The molecule has 6 nitrogen and oxygen atoms in total. The van der Waals surface area contributed by atoms with E-state index < -0.39 is 11.8 Å². The number of anilines is 2. The molecule has 0 saturated carbocycles. The summed E-state index contributed by atoms with van der Waals surface area (Å²) in [5, 5.41) is 10.4. The van der Waals surface area contributed by atoms with Crippen molar-refractivity contribution in [3.8, 4) is 0 Å². The van der Waals surface area contributed by atoms with E-state index in [0.717, 1.165) is 25.7 Å². The minimum absolute atomic E-state index is 0.104. The summed E-state index contributed by atoms with van der Waals surface area (Å²) in [4.78, 5) is 40.7. The lowest BCUT2D eigenvalue weighted by Gasteiger charge is -2.16. The molecule has 0 fully saturated rings. The highest BCUT2D eigenvalue weighted by Crippen LogP contribution is 2.30. The fourth-order valence-corrected chi connectivity index (χ4v) is 5.98. The van der Waals surface area contributed by atoms with Crippen molar-refractivity contribution in [2.24, 2.45) is 0 Å². The molecule has 0 saturated heterocycles. The molecule has 0 heterocycles. The van der Waals surface area contributed by atoms with Crippen LogP contribution < -0.4 is 16.0 Å². The van der Waals surface area contributed by atoms with Crippen molar-refractivity contribution in [1.29, 1.82) is 0 Å². The fourth-order valence-electron chi connectivity index (χ4n) is 4.58. The largest absolute Gasteiger partial charge is 0.324 e. The first-order valence-electron chi connectivity index (χ1n) is 14.1. The van der Waals surface area contributed by atoms with Gasteiger partial charge in [-0.25, -0.2) is 0 Å². The third kappa shape index (κ3) is 7.83. The van der Waals surface area contributed by atoms with Gasteiger partial charge in [0.15, 0.2) is 0 Å². The van der Waals surface area contributed by atoms with Gasteiger partial charge in [-0.3, -0.25) is 14.4 Å². The van der Waals surface area contributed by atoms with E-state index in [9.17, 15) is 14.4 Å². The minimum Gasteiger partial charge on any atom is -0.324 e. The number of hydrogen-bond acceptors (Lipinski definition) is 4. The lowest BCUT2D eigenvalue weighted by molar-refractivity contribution is -0.116. The number of para-hydroxylation sites is 1. The quantitative estimate of drug-likeness (QED) is 0.103. The number of hydrogen-bond donors (Lipinski definition) is 3. The Hall–Kier alpha value is -4.66. The molecular weight excluding hydrogens is 634 g/mol. The first-order valence-corrected chi connectivity index (χ1v) is 15.8. The first-order chi connectivity index (χ1) is 21.4. The van der Waals surface area contributed by atoms with Gasteiger partial charge in [-0.15, -0.1) is 11.8 Å². The van der Waals surface area contributed by atoms with Crippen LogP contribution >= 0.6 is 27.7 Å². The second kappa shape index (κ2) is 14.7. The Kier molecular flexibility index (Phi) is 10.3. The zero-order valence-electron chi connectivity index (χ0n) is 23.9. The number of halogens is 1. The molecule has 3 amide bonds. The SMILES string of the molecule is CCC(Sc1cccc(NC(=O)/C(=C\c2cccc3ccccc23)NC(=O)c2ccccc2)c1)C(=O)Nc1ccccc1Br. The van der Waals surface area contributed by atoms with Gasteiger partial charge in [0.2, 0.25) is 5.91 Å². The molecule has 0 aliphatic rings. The Bertz CT molecular complexity index is 1840. The van der Waals surface area contributed by atoms with E-state index in [0.29, 0.717) is 23.4 Å². The molecule has 5 aromatic carbocycles. The Morgan fingerprint density at radius 2 is 1.50 bits per heavy atom. The highest BCUT2D eigenvalue weighted by molar-refractivity contribution is 9.10. The van der Waals surface area contributed by atoms with E-state index in [1.54, 1.807) is 36.4 Å². The Morgan fingerprint density at radius 3 is 2.30 bits per heavy atom. The summed E-state index contributed by atoms with van der Waals surface area (Å²) in [6.45, 7) is 1.96. The van der Waals surface area contributed by atoms with Gasteiger partial charge in [0, 0.05) is 20.6 Å². The molecule has 44 heavy (non-hydrogen) atoms. The molecular formula is C36H30BrN3O3S. The van der Waals surface area contributed by atoms with E-state index in [4.69, 9.17) is 0 Å². The van der Waals surface area contributed by atoms with Gasteiger partial charge >= 0.3 is 0 Å². The van der Waals surface area contributed by atoms with Crippen LogP contribution in [0.4, 0.5) is 11.4 Å². The van der Waals surface area contributed by atoms with E-state index in [1.807, 2.05) is 97.9 Å². The van der Waals surface area contributed by atoms with Gasteiger partial charge < -0.3 is 16.0 Å². The second-order valence-electron chi connectivity index (χ2n) is 9.91. The molecule has 0 spiro atoms. The van der Waals surface area contributed by atoms with Gasteiger partial charge in [-0.2, -0.15) is 0 Å². The van der Waals surface area contributed by atoms with Crippen molar-refractivity contribution in [2.75, 3.05) is 10.6 Å². The Morgan fingerprint density at radius 1 is 0.795 bits per heavy atom. The number of carbonyl (C=O) groups is 3. The van der Waals surface area contributed by atoms with Gasteiger partial charge in [-0.1, -0.05) is 85.8 Å². The molecule has 0 radical (unpaired) electrons. The molecule has 0 aliphatic carbocycles. The molecule has 5 aromatic rings. The predicted octanol–water partition coefficient (Wildman–Crippen LogP) is 8.52. The van der Waals surface area contributed by atoms with Crippen molar-refractivity contribution < 1.29 is 14.4 Å². The van der Waals surface area contributed by atoms with Crippen molar-refractivity contribution in [1.82, 2.24) is 5.32 Å². The van der Waals surface area contributed by atoms with E-state index >= 15 is 0 Å². The maximum Gasteiger partial charge on any atom is 0.272 e. The first kappa shape index (κ1) is 30.8. The topological polar surface area (TPSA) is 87.3 Å². The fraction of sp³-hybridized carbons (Fsp3) is 0.0833. The Labute approximate surface area is 269 Å². The van der Waals surface area contributed by atoms with Crippen LogP contribution in [0.5, 0.6) is 0 Å². The molecule has 0 aromatic heterocycles. The maximum atomic E-state index is 13.7. The summed E-state index contributed by atoms with van der Waals surface area (Å²) in [5.74, 6) is -0.968. The monoisotopic (exact) mass is 663 g/mol. The molecule has 8 heteroatoms. The third-order valence-corrected chi connectivity index (χ3v) is 8.87. The van der Waals surface area contributed by atoms with Crippen LogP contribution in [0.3, 0.4) is 0 Å². The normalized spacial score (nSPS) is 11.9. The molecule has 0 aliphatic heterocycles. The van der Waals surface area contributed by atoms with Crippen molar-refractivity contribution in [3.05, 3.63) is 143 Å². The summed E-state index contributed by atoms with van der Waals surface area (Å²) in [6.07, 6.45) is 2.30. The summed E-state index contributed by atoms with van der Waals surface area (Å²) in [7, 11) is 0. The molecule has 0 bridgehead atoms. The zero-order valence-corrected chi connectivity index (χ0v) is 26.3. The number of nitrogens with one attached hydrogen (secondary N) is 3. The van der Waals surface area contributed by atoms with Crippen molar-refractivity contribution >= 4 is 73.6 Å². The lowest BCUT2D eigenvalue weighted by atomic mass is 10.0. The second-order valence-corrected chi connectivity index (χ2v) is 12.0. The molecule has 1 unspecified atom stereocenters. The summed E-state index contributed by atoms with van der Waals surface area (Å²) < 4.78 is 0.810. The maximum absolute atomic E-state index is 13.7. The number of thioether (sulfide) groups is 1. The van der Waals surface area contributed by atoms with Crippen LogP contribution in [0.2, 0.25) is 0 Å². The van der Waals surface area contributed by atoms with Gasteiger partial charge in [-0.05, 0) is 87.2 Å². The van der Waals surface area contributed by atoms with Crippen LogP contribution in [0.25, 0.3) is 16.8 Å².